The fourth-order valence-electron chi connectivity index (χ4n) is 2.11. The highest BCUT2D eigenvalue weighted by Gasteiger charge is 2.22. The minimum atomic E-state index is -0.551. The van der Waals surface area contributed by atoms with E-state index in [1.165, 1.54) is 29.5 Å². The standard InChI is InChI=1S/C16H19F2NS/c1-5-10(4)14-15(9(2)3)20-16(19-14)13-11(17)7-6-8-12(13)18/h6-10H,5H2,1-4H3. The molecule has 1 unspecified atom stereocenters. The van der Waals surface area contributed by atoms with E-state index < -0.39 is 11.6 Å². The summed E-state index contributed by atoms with van der Waals surface area (Å²) in [6.45, 7) is 8.36. The van der Waals surface area contributed by atoms with Gasteiger partial charge in [0.1, 0.15) is 16.6 Å². The first-order valence-electron chi connectivity index (χ1n) is 6.90. The topological polar surface area (TPSA) is 12.9 Å². The zero-order valence-corrected chi connectivity index (χ0v) is 13.0. The molecular formula is C16H19F2NS. The molecule has 4 heteroatoms. The van der Waals surface area contributed by atoms with Gasteiger partial charge in [-0.2, -0.15) is 0 Å². The van der Waals surface area contributed by atoms with Crippen molar-refractivity contribution in [3.8, 4) is 10.6 Å². The first-order valence-corrected chi connectivity index (χ1v) is 7.72. The van der Waals surface area contributed by atoms with Crippen molar-refractivity contribution in [2.45, 2.75) is 46.0 Å². The SMILES string of the molecule is CCC(C)c1nc(-c2c(F)cccc2F)sc1C(C)C. The van der Waals surface area contributed by atoms with Crippen molar-refractivity contribution in [1.82, 2.24) is 4.98 Å². The summed E-state index contributed by atoms with van der Waals surface area (Å²) in [7, 11) is 0. The molecule has 0 spiro atoms. The normalized spacial score (nSPS) is 12.9. The smallest absolute Gasteiger partial charge is 0.136 e. The van der Waals surface area contributed by atoms with E-state index in [9.17, 15) is 8.78 Å². The number of aromatic nitrogens is 1. The molecule has 0 aliphatic rings. The molecule has 1 atom stereocenters. The molecule has 0 bridgehead atoms. The fourth-order valence-corrected chi connectivity index (χ4v) is 3.35. The number of benzene rings is 1. The number of hydrogen-bond donors (Lipinski definition) is 0. The lowest BCUT2D eigenvalue weighted by Gasteiger charge is -2.10. The maximum Gasteiger partial charge on any atom is 0.136 e. The highest BCUT2D eigenvalue weighted by molar-refractivity contribution is 7.15. The zero-order chi connectivity index (χ0) is 14.9. The fraction of sp³-hybridized carbons (Fsp3) is 0.438. The molecule has 0 saturated carbocycles. The Hall–Kier alpha value is -1.29. The van der Waals surface area contributed by atoms with Gasteiger partial charge in [-0.05, 0) is 30.4 Å². The van der Waals surface area contributed by atoms with Crippen molar-refractivity contribution < 1.29 is 8.78 Å². The van der Waals surface area contributed by atoms with Crippen molar-refractivity contribution in [2.75, 3.05) is 0 Å². The predicted molar refractivity (Wildman–Crippen MR) is 80.3 cm³/mol. The number of thiazole rings is 1. The van der Waals surface area contributed by atoms with Gasteiger partial charge in [0.2, 0.25) is 0 Å². The molecule has 0 aliphatic carbocycles. The molecule has 2 rings (SSSR count). The molecule has 0 amide bonds. The Morgan fingerprint density at radius 2 is 1.75 bits per heavy atom. The molecule has 1 aromatic heterocycles. The van der Waals surface area contributed by atoms with Gasteiger partial charge in [-0.3, -0.25) is 0 Å². The van der Waals surface area contributed by atoms with Crippen LogP contribution in [0.25, 0.3) is 10.6 Å². The zero-order valence-electron chi connectivity index (χ0n) is 12.2. The maximum absolute atomic E-state index is 13.9. The Morgan fingerprint density at radius 1 is 1.15 bits per heavy atom. The van der Waals surface area contributed by atoms with Crippen LogP contribution in [0.1, 0.15) is 56.5 Å². The number of rotatable bonds is 4. The van der Waals surface area contributed by atoms with Crippen molar-refractivity contribution >= 4 is 11.3 Å². The summed E-state index contributed by atoms with van der Waals surface area (Å²) in [5.41, 5.74) is 0.971. The lowest BCUT2D eigenvalue weighted by Crippen LogP contribution is -1.98. The van der Waals surface area contributed by atoms with Crippen LogP contribution in [-0.4, -0.2) is 4.98 Å². The van der Waals surface area contributed by atoms with E-state index in [1.54, 1.807) is 0 Å². The van der Waals surface area contributed by atoms with E-state index in [2.05, 4.69) is 32.7 Å². The van der Waals surface area contributed by atoms with E-state index in [-0.39, 0.29) is 5.56 Å². The Bertz CT molecular complexity index is 584. The van der Waals surface area contributed by atoms with Gasteiger partial charge in [-0.15, -0.1) is 11.3 Å². The first-order chi connectivity index (χ1) is 9.45. The molecule has 1 nitrogen and oxygen atoms in total. The van der Waals surface area contributed by atoms with Crippen LogP contribution in [0.3, 0.4) is 0 Å². The van der Waals surface area contributed by atoms with Gasteiger partial charge in [0.25, 0.3) is 0 Å². The second kappa shape index (κ2) is 6.00. The molecular weight excluding hydrogens is 276 g/mol. The van der Waals surface area contributed by atoms with Crippen molar-refractivity contribution in [2.24, 2.45) is 0 Å². The third-order valence-electron chi connectivity index (χ3n) is 3.46. The summed E-state index contributed by atoms with van der Waals surface area (Å²) in [4.78, 5) is 5.65. The molecule has 0 saturated heterocycles. The Labute approximate surface area is 122 Å². The highest BCUT2D eigenvalue weighted by atomic mass is 32.1. The van der Waals surface area contributed by atoms with E-state index in [1.807, 2.05) is 0 Å². The van der Waals surface area contributed by atoms with Crippen LogP contribution in [0.2, 0.25) is 0 Å². The van der Waals surface area contributed by atoms with Gasteiger partial charge in [0.15, 0.2) is 0 Å². The summed E-state index contributed by atoms with van der Waals surface area (Å²) >= 11 is 1.40. The summed E-state index contributed by atoms with van der Waals surface area (Å²) < 4.78 is 27.8. The molecule has 108 valence electrons. The second-order valence-corrected chi connectivity index (χ2v) is 6.36. The summed E-state index contributed by atoms with van der Waals surface area (Å²) in [5, 5.41) is 0.444. The number of hydrogen-bond acceptors (Lipinski definition) is 2. The molecule has 0 aliphatic heterocycles. The van der Waals surface area contributed by atoms with Crippen LogP contribution in [0, 0.1) is 11.6 Å². The largest absolute Gasteiger partial charge is 0.240 e. The molecule has 2 aromatic rings. The number of nitrogens with zero attached hydrogens (tertiary/aromatic N) is 1. The van der Waals surface area contributed by atoms with Gasteiger partial charge >= 0.3 is 0 Å². The molecule has 1 heterocycles. The van der Waals surface area contributed by atoms with E-state index in [4.69, 9.17) is 0 Å². The third kappa shape index (κ3) is 2.75. The van der Waals surface area contributed by atoms with Crippen LogP contribution in [0.4, 0.5) is 8.78 Å². The summed E-state index contributed by atoms with van der Waals surface area (Å²) in [6.07, 6.45) is 0.961. The average molecular weight is 295 g/mol. The van der Waals surface area contributed by atoms with E-state index in [0.717, 1.165) is 17.0 Å². The minimum absolute atomic E-state index is 0.00560. The van der Waals surface area contributed by atoms with Gasteiger partial charge in [0.05, 0.1) is 11.3 Å². The molecule has 1 aromatic carbocycles. The quantitative estimate of drug-likeness (QED) is 0.702. The van der Waals surface area contributed by atoms with Crippen LogP contribution < -0.4 is 0 Å². The van der Waals surface area contributed by atoms with Gasteiger partial charge < -0.3 is 0 Å². The molecule has 20 heavy (non-hydrogen) atoms. The van der Waals surface area contributed by atoms with E-state index >= 15 is 0 Å². The van der Waals surface area contributed by atoms with Crippen molar-refractivity contribution in [3.63, 3.8) is 0 Å². The minimum Gasteiger partial charge on any atom is -0.240 e. The van der Waals surface area contributed by atoms with Gasteiger partial charge in [0, 0.05) is 4.88 Å². The van der Waals surface area contributed by atoms with Crippen LogP contribution in [0.15, 0.2) is 18.2 Å². The summed E-state index contributed by atoms with van der Waals surface area (Å²) in [6, 6.07) is 3.93. The molecule has 0 fully saturated rings. The van der Waals surface area contributed by atoms with Crippen LogP contribution >= 0.6 is 11.3 Å². The third-order valence-corrected chi connectivity index (χ3v) is 4.85. The Kier molecular flexibility index (Phi) is 4.53. The van der Waals surface area contributed by atoms with Crippen molar-refractivity contribution in [1.29, 1.82) is 0 Å². The van der Waals surface area contributed by atoms with Gasteiger partial charge in [-0.1, -0.05) is 33.8 Å². The van der Waals surface area contributed by atoms with Crippen molar-refractivity contribution in [3.05, 3.63) is 40.4 Å². The molecule has 0 radical (unpaired) electrons. The Morgan fingerprint density at radius 3 is 2.25 bits per heavy atom. The highest BCUT2D eigenvalue weighted by Crippen LogP contribution is 2.38. The first kappa shape index (κ1) is 15.1. The Balaban J connectivity index is 2.59. The summed E-state index contributed by atoms with van der Waals surface area (Å²) in [5.74, 6) is -0.498. The number of halogens is 2. The van der Waals surface area contributed by atoms with E-state index in [0.29, 0.717) is 16.8 Å². The van der Waals surface area contributed by atoms with Gasteiger partial charge in [-0.25, -0.2) is 13.8 Å². The lowest BCUT2D eigenvalue weighted by atomic mass is 10.00. The van der Waals surface area contributed by atoms with Crippen LogP contribution in [-0.2, 0) is 0 Å². The maximum atomic E-state index is 13.9. The van der Waals surface area contributed by atoms with Crippen LogP contribution in [0.5, 0.6) is 0 Å². The second-order valence-electron chi connectivity index (χ2n) is 5.33. The molecule has 0 N–H and O–H groups in total. The average Bonchev–Trinajstić information content (AvgIpc) is 2.82. The lowest BCUT2D eigenvalue weighted by molar-refractivity contribution is 0.589. The monoisotopic (exact) mass is 295 g/mol. The predicted octanol–water partition coefficient (Wildman–Crippen LogP) is 5.73.